The molecule has 0 unspecified atom stereocenters. The maximum Gasteiger partial charge on any atom is 0.311 e. The maximum atomic E-state index is 13.3. The highest BCUT2D eigenvalue weighted by atomic mass is 28.4. The van der Waals surface area contributed by atoms with E-state index >= 15 is 0 Å². The highest BCUT2D eigenvalue weighted by Gasteiger charge is 2.54. The second kappa shape index (κ2) is 11.2. The predicted octanol–water partition coefficient (Wildman–Crippen LogP) is 5.68. The van der Waals surface area contributed by atoms with Gasteiger partial charge in [0, 0.05) is 0 Å². The van der Waals surface area contributed by atoms with Crippen molar-refractivity contribution in [1.82, 2.24) is 19.5 Å². The summed E-state index contributed by atoms with van der Waals surface area (Å²) in [6, 6.07) is 0. The Kier molecular flexibility index (Phi) is 9.14. The number of nitrogen functional groups attached to an aromatic ring is 1. The molecule has 0 aliphatic carbocycles. The van der Waals surface area contributed by atoms with Crippen LogP contribution in [0.2, 0.25) is 36.3 Å². The Bertz CT molecular complexity index is 1250. The lowest BCUT2D eigenvalue weighted by Crippen LogP contribution is -2.51. The third-order valence-electron chi connectivity index (χ3n) is 8.67. The van der Waals surface area contributed by atoms with Crippen LogP contribution in [0.4, 0.5) is 5.95 Å². The monoisotopic (exact) mass is 609 g/mol. The van der Waals surface area contributed by atoms with Crippen molar-refractivity contribution in [1.29, 1.82) is 0 Å². The minimum absolute atomic E-state index is 0.00875. The first-order valence-electron chi connectivity index (χ1n) is 14.2. The molecule has 11 nitrogen and oxygen atoms in total. The lowest BCUT2D eigenvalue weighted by molar-refractivity contribution is -0.165. The summed E-state index contributed by atoms with van der Waals surface area (Å²) in [5.41, 5.74) is 6.20. The minimum Gasteiger partial charge on any atom is -0.479 e. The number of rotatable bonds is 8. The van der Waals surface area contributed by atoms with Crippen molar-refractivity contribution in [2.45, 2.75) is 123 Å². The highest BCUT2D eigenvalue weighted by Crippen LogP contribution is 2.45. The fourth-order valence-corrected chi connectivity index (χ4v) is 6.19. The van der Waals surface area contributed by atoms with E-state index < -0.39 is 46.6 Å². The third kappa shape index (κ3) is 6.95. The Labute approximate surface area is 247 Å². The van der Waals surface area contributed by atoms with Crippen molar-refractivity contribution in [3.05, 3.63) is 6.33 Å². The second-order valence-electron chi connectivity index (χ2n) is 15.0. The molecule has 1 aliphatic heterocycles. The van der Waals surface area contributed by atoms with Gasteiger partial charge in [0.15, 0.2) is 40.1 Å². The highest BCUT2D eigenvalue weighted by molar-refractivity contribution is 6.74. The van der Waals surface area contributed by atoms with Gasteiger partial charge in [0.1, 0.15) is 12.2 Å². The first kappa shape index (κ1) is 33.4. The normalized spacial score (nSPS) is 22.8. The molecule has 0 bridgehead atoms. The molecule has 4 atom stereocenters. The summed E-state index contributed by atoms with van der Waals surface area (Å²) in [6.07, 6.45) is -1.08. The van der Waals surface area contributed by atoms with Crippen molar-refractivity contribution >= 4 is 39.7 Å². The van der Waals surface area contributed by atoms with Gasteiger partial charge in [0.2, 0.25) is 11.8 Å². The number of hydrogen-bond acceptors (Lipinski definition) is 10. The summed E-state index contributed by atoms with van der Waals surface area (Å²) in [5, 5.41) is -0.121. The molecule has 2 aromatic rings. The molecule has 13 heteroatoms. The zero-order valence-electron chi connectivity index (χ0n) is 27.4. The van der Waals surface area contributed by atoms with Crippen molar-refractivity contribution in [2.75, 3.05) is 19.5 Å². The van der Waals surface area contributed by atoms with Crippen LogP contribution in [0, 0.1) is 5.41 Å². The van der Waals surface area contributed by atoms with Gasteiger partial charge in [-0.05, 0) is 57.0 Å². The number of esters is 1. The van der Waals surface area contributed by atoms with Gasteiger partial charge in [-0.2, -0.15) is 9.97 Å². The fourth-order valence-electron chi connectivity index (χ4n) is 3.89. The molecule has 0 amide bonds. The molecule has 1 saturated heterocycles. The lowest BCUT2D eigenvalue weighted by Gasteiger charge is -2.41. The van der Waals surface area contributed by atoms with E-state index in [1.807, 2.05) is 20.8 Å². The molecule has 41 heavy (non-hydrogen) atoms. The molecule has 232 valence electrons. The molecule has 1 fully saturated rings. The molecule has 0 saturated carbocycles. The number of aromatic nitrogens is 4. The number of imidazole rings is 1. The Hall–Kier alpha value is -2.07. The quantitative estimate of drug-likeness (QED) is 0.294. The third-order valence-corrected chi connectivity index (χ3v) is 17.6. The summed E-state index contributed by atoms with van der Waals surface area (Å²) in [5.74, 6) is -0.0271. The number of fused-ring (bicyclic) bond motifs is 1. The van der Waals surface area contributed by atoms with Crippen LogP contribution in [-0.2, 0) is 23.1 Å². The smallest absolute Gasteiger partial charge is 0.311 e. The molecule has 2 N–H and O–H groups in total. The Morgan fingerprint density at radius 3 is 2.07 bits per heavy atom. The van der Waals surface area contributed by atoms with Gasteiger partial charge in [-0.3, -0.25) is 9.36 Å². The van der Waals surface area contributed by atoms with Gasteiger partial charge >= 0.3 is 5.97 Å². The van der Waals surface area contributed by atoms with E-state index in [1.54, 1.807) is 10.9 Å². The largest absolute Gasteiger partial charge is 0.479 e. The molecular formula is C28H51N5O6Si2. The standard InChI is InChI=1S/C28H51N5O6Si2/c1-26(2,3)24(34)38-19-17(15-36-40(11,12)27(4,5)6)37-23(20(19)39-41(13,14)28(7,8)9)33-16-30-18-21(33)31-25(29)32-22(18)35-10/h16-17,19-20,23H,15H2,1-14H3,(H2,29,31,32)/t17-,19-,20+,23-/m1/s1. The number of hydrogen-bond donors (Lipinski definition) is 1. The van der Waals surface area contributed by atoms with Crippen molar-refractivity contribution in [2.24, 2.45) is 5.41 Å². The number of anilines is 1. The van der Waals surface area contributed by atoms with Crippen LogP contribution in [0.25, 0.3) is 11.2 Å². The van der Waals surface area contributed by atoms with E-state index in [2.05, 4.69) is 82.7 Å². The first-order valence-corrected chi connectivity index (χ1v) is 20.0. The predicted molar refractivity (Wildman–Crippen MR) is 165 cm³/mol. The average molecular weight is 610 g/mol. The number of nitrogens with two attached hydrogens (primary N) is 1. The number of carbonyl (C=O) groups is 1. The average Bonchev–Trinajstić information content (AvgIpc) is 3.36. The fraction of sp³-hybridized carbons (Fsp3) is 0.786. The summed E-state index contributed by atoms with van der Waals surface area (Å²) < 4.78 is 33.8. The van der Waals surface area contributed by atoms with Crippen LogP contribution in [-0.4, -0.2) is 74.2 Å². The van der Waals surface area contributed by atoms with Gasteiger partial charge in [-0.15, -0.1) is 0 Å². The number of ether oxygens (including phenoxy) is 3. The van der Waals surface area contributed by atoms with E-state index in [0.717, 1.165) is 0 Å². The SMILES string of the molecule is COc1nc(N)nc2c1ncn2[C@@H]1O[C@H](CO[Si](C)(C)C(C)(C)C)[C@@H](OC(=O)C(C)(C)C)[C@@H]1O[Si](C)(C)C(C)(C)C. The van der Waals surface area contributed by atoms with Gasteiger partial charge in [0.25, 0.3) is 0 Å². The van der Waals surface area contributed by atoms with E-state index in [1.165, 1.54) is 7.11 Å². The Morgan fingerprint density at radius 1 is 0.976 bits per heavy atom. The summed E-state index contributed by atoms with van der Waals surface area (Å²) >= 11 is 0. The molecule has 3 heterocycles. The molecular weight excluding hydrogens is 559 g/mol. The van der Waals surface area contributed by atoms with Crippen molar-refractivity contribution in [3.63, 3.8) is 0 Å². The molecule has 0 spiro atoms. The van der Waals surface area contributed by atoms with E-state index in [4.69, 9.17) is 28.8 Å². The van der Waals surface area contributed by atoms with E-state index in [-0.39, 0.29) is 34.5 Å². The topological polar surface area (TPSA) is 133 Å². The zero-order valence-corrected chi connectivity index (χ0v) is 29.4. The molecule has 3 rings (SSSR count). The number of methoxy groups -OCH3 is 1. The number of carbonyl (C=O) groups excluding carboxylic acids is 1. The lowest BCUT2D eigenvalue weighted by atomic mass is 9.97. The minimum atomic E-state index is -2.40. The van der Waals surface area contributed by atoms with Gasteiger partial charge in [-0.25, -0.2) is 4.98 Å². The van der Waals surface area contributed by atoms with Crippen LogP contribution in [0.3, 0.4) is 0 Å². The summed E-state index contributed by atoms with van der Waals surface area (Å²) in [7, 11) is -3.05. The molecule has 1 aliphatic rings. The summed E-state index contributed by atoms with van der Waals surface area (Å²) in [4.78, 5) is 26.5. The van der Waals surface area contributed by atoms with Gasteiger partial charge < -0.3 is 28.8 Å². The van der Waals surface area contributed by atoms with Crippen LogP contribution < -0.4 is 10.5 Å². The molecule has 2 aromatic heterocycles. The second-order valence-corrected chi connectivity index (χ2v) is 24.6. The van der Waals surface area contributed by atoms with E-state index in [0.29, 0.717) is 11.2 Å². The maximum absolute atomic E-state index is 13.3. The molecule has 0 radical (unpaired) electrons. The molecule has 0 aromatic carbocycles. The van der Waals surface area contributed by atoms with Gasteiger partial charge in [0.05, 0.1) is 25.5 Å². The van der Waals surface area contributed by atoms with E-state index in [9.17, 15) is 4.79 Å². The number of nitrogens with zero attached hydrogens (tertiary/aromatic N) is 4. The summed E-state index contributed by atoms with van der Waals surface area (Å²) in [6.45, 7) is 27.5. The van der Waals surface area contributed by atoms with Crippen LogP contribution in [0.1, 0.15) is 68.5 Å². The van der Waals surface area contributed by atoms with Crippen molar-refractivity contribution in [3.8, 4) is 5.88 Å². The Balaban J connectivity index is 2.16. The zero-order chi connectivity index (χ0) is 31.3. The van der Waals surface area contributed by atoms with Crippen molar-refractivity contribution < 1.29 is 27.9 Å². The first-order chi connectivity index (χ1) is 18.5. The van der Waals surface area contributed by atoms with Crippen LogP contribution in [0.5, 0.6) is 5.88 Å². The van der Waals surface area contributed by atoms with Gasteiger partial charge in [-0.1, -0.05) is 41.5 Å². The van der Waals surface area contributed by atoms with Crippen LogP contribution in [0.15, 0.2) is 6.33 Å². The van der Waals surface area contributed by atoms with Crippen LogP contribution >= 0.6 is 0 Å². The Morgan fingerprint density at radius 2 is 1.56 bits per heavy atom.